The van der Waals surface area contributed by atoms with Gasteiger partial charge in [0.1, 0.15) is 6.26 Å². The summed E-state index contributed by atoms with van der Waals surface area (Å²) in [5, 5.41) is 9.61. The Morgan fingerprint density at radius 3 is 3.13 bits per heavy atom. The van der Waals surface area contributed by atoms with Gasteiger partial charge in [0, 0.05) is 6.07 Å². The lowest BCUT2D eigenvalue weighted by Gasteiger charge is -2.32. The highest BCUT2D eigenvalue weighted by molar-refractivity contribution is 5.97. The molecule has 2 heterocycles. The van der Waals surface area contributed by atoms with Crippen LogP contribution in [0.15, 0.2) is 16.9 Å². The summed E-state index contributed by atoms with van der Waals surface area (Å²) in [5.74, 6) is 0.421. The van der Waals surface area contributed by atoms with Gasteiger partial charge in [-0.15, -0.1) is 0 Å². The Bertz CT molecular complexity index is 328. The number of carbonyl (C=O) groups is 1. The Morgan fingerprint density at radius 2 is 2.53 bits per heavy atom. The molecule has 1 fully saturated rings. The molecule has 5 heteroatoms. The van der Waals surface area contributed by atoms with E-state index < -0.39 is 5.54 Å². The number of rotatable bonds is 2. The Balaban J connectivity index is 2.00. The van der Waals surface area contributed by atoms with Gasteiger partial charge in [0.25, 0.3) is 0 Å². The van der Waals surface area contributed by atoms with Gasteiger partial charge in [0.05, 0.1) is 5.54 Å². The molecule has 0 spiro atoms. The number of hydrogen-bond acceptors (Lipinski definition) is 4. The van der Waals surface area contributed by atoms with E-state index in [1.165, 1.54) is 6.26 Å². The number of nitrogens with one attached hydrogen (secondary N) is 2. The van der Waals surface area contributed by atoms with Gasteiger partial charge in [-0.25, -0.2) is 0 Å². The number of anilines is 1. The summed E-state index contributed by atoms with van der Waals surface area (Å²) in [6.45, 7) is 2.81. The molecular weight excluding hydrogens is 194 g/mol. The molecule has 0 aliphatic carbocycles. The smallest absolute Gasteiger partial charge is 0.245 e. The van der Waals surface area contributed by atoms with Crippen molar-refractivity contribution >= 4 is 11.7 Å². The number of carbonyl (C=O) groups excluding carboxylic acids is 1. The molecule has 0 saturated carbocycles. The third-order valence-corrected chi connectivity index (χ3v) is 2.80. The van der Waals surface area contributed by atoms with Crippen LogP contribution in [0.5, 0.6) is 0 Å². The zero-order chi connectivity index (χ0) is 10.7. The van der Waals surface area contributed by atoms with Crippen LogP contribution < -0.4 is 10.6 Å². The molecule has 1 unspecified atom stereocenters. The van der Waals surface area contributed by atoms with Gasteiger partial charge in [0.15, 0.2) is 5.82 Å². The number of aromatic nitrogens is 1. The minimum atomic E-state index is -0.475. The molecule has 0 radical (unpaired) electrons. The largest absolute Gasteiger partial charge is 0.363 e. The zero-order valence-electron chi connectivity index (χ0n) is 8.75. The number of amides is 1. The molecular formula is C10H15N3O2. The number of hydrogen-bond donors (Lipinski definition) is 2. The first-order valence-corrected chi connectivity index (χ1v) is 5.18. The van der Waals surface area contributed by atoms with Crippen molar-refractivity contribution in [3.05, 3.63) is 12.3 Å². The van der Waals surface area contributed by atoms with Gasteiger partial charge in [-0.1, -0.05) is 5.16 Å². The van der Waals surface area contributed by atoms with E-state index in [1.807, 2.05) is 6.92 Å². The second kappa shape index (κ2) is 4.02. The highest BCUT2D eigenvalue weighted by Gasteiger charge is 2.34. The van der Waals surface area contributed by atoms with Crippen molar-refractivity contribution in [2.45, 2.75) is 31.7 Å². The summed E-state index contributed by atoms with van der Waals surface area (Å²) in [6, 6.07) is 1.63. The molecule has 82 valence electrons. The van der Waals surface area contributed by atoms with E-state index in [9.17, 15) is 4.79 Å². The standard InChI is InChI=1S/C10H15N3O2/c1-10(5-2-3-6-11-10)9(14)12-8-4-7-15-13-8/h4,7,11H,2-3,5-6H2,1H3,(H,12,13,14). The van der Waals surface area contributed by atoms with Gasteiger partial charge >= 0.3 is 0 Å². The average Bonchev–Trinajstić information content (AvgIpc) is 2.71. The molecule has 1 aliphatic rings. The topological polar surface area (TPSA) is 67.2 Å². The average molecular weight is 209 g/mol. The Hall–Kier alpha value is -1.36. The quantitative estimate of drug-likeness (QED) is 0.766. The van der Waals surface area contributed by atoms with E-state index in [0.717, 1.165) is 25.8 Å². The third kappa shape index (κ3) is 2.18. The summed E-state index contributed by atoms with van der Waals surface area (Å²) in [5.41, 5.74) is -0.475. The van der Waals surface area contributed by atoms with Crippen LogP contribution in [0.3, 0.4) is 0 Å². The monoisotopic (exact) mass is 209 g/mol. The minimum Gasteiger partial charge on any atom is -0.363 e. The van der Waals surface area contributed by atoms with E-state index >= 15 is 0 Å². The second-order valence-corrected chi connectivity index (χ2v) is 4.05. The van der Waals surface area contributed by atoms with Crippen LogP contribution in [0.1, 0.15) is 26.2 Å². The number of nitrogens with zero attached hydrogens (tertiary/aromatic N) is 1. The molecule has 15 heavy (non-hydrogen) atoms. The van der Waals surface area contributed by atoms with Crippen molar-refractivity contribution in [2.75, 3.05) is 11.9 Å². The second-order valence-electron chi connectivity index (χ2n) is 4.05. The lowest BCUT2D eigenvalue weighted by Crippen LogP contribution is -2.54. The van der Waals surface area contributed by atoms with E-state index in [4.69, 9.17) is 0 Å². The highest BCUT2D eigenvalue weighted by Crippen LogP contribution is 2.20. The lowest BCUT2D eigenvalue weighted by molar-refractivity contribution is -0.122. The van der Waals surface area contributed by atoms with Gasteiger partial charge in [0.2, 0.25) is 5.91 Å². The molecule has 1 atom stereocenters. The van der Waals surface area contributed by atoms with Crippen LogP contribution in [0.2, 0.25) is 0 Å². The summed E-state index contributed by atoms with van der Waals surface area (Å²) in [6.07, 6.45) is 4.51. The van der Waals surface area contributed by atoms with Crippen molar-refractivity contribution in [3.63, 3.8) is 0 Å². The van der Waals surface area contributed by atoms with Gasteiger partial charge < -0.3 is 15.2 Å². The van der Waals surface area contributed by atoms with Gasteiger partial charge in [-0.2, -0.15) is 0 Å². The minimum absolute atomic E-state index is 0.0453. The van der Waals surface area contributed by atoms with E-state index in [-0.39, 0.29) is 5.91 Å². The maximum Gasteiger partial charge on any atom is 0.245 e. The zero-order valence-corrected chi connectivity index (χ0v) is 8.75. The lowest BCUT2D eigenvalue weighted by atomic mass is 9.90. The molecule has 0 aromatic carbocycles. The maximum absolute atomic E-state index is 11.9. The van der Waals surface area contributed by atoms with E-state index in [1.54, 1.807) is 6.07 Å². The fraction of sp³-hybridized carbons (Fsp3) is 0.600. The SMILES string of the molecule is CC1(C(=O)Nc2ccon2)CCCCN1. The molecule has 1 saturated heterocycles. The molecule has 0 bridgehead atoms. The first kappa shape index (κ1) is 10.2. The van der Waals surface area contributed by atoms with Crippen molar-refractivity contribution in [2.24, 2.45) is 0 Å². The third-order valence-electron chi connectivity index (χ3n) is 2.80. The van der Waals surface area contributed by atoms with Crippen molar-refractivity contribution in [1.29, 1.82) is 0 Å². The van der Waals surface area contributed by atoms with Crippen LogP contribution >= 0.6 is 0 Å². The fourth-order valence-electron chi connectivity index (χ4n) is 1.78. The predicted molar refractivity (Wildman–Crippen MR) is 55.4 cm³/mol. The van der Waals surface area contributed by atoms with Crippen molar-refractivity contribution in [1.82, 2.24) is 10.5 Å². The first-order valence-electron chi connectivity index (χ1n) is 5.18. The Kier molecular flexibility index (Phi) is 2.73. The highest BCUT2D eigenvalue weighted by atomic mass is 16.5. The van der Waals surface area contributed by atoms with Crippen LogP contribution in [-0.4, -0.2) is 23.1 Å². The Labute approximate surface area is 88.2 Å². The van der Waals surface area contributed by atoms with E-state index in [2.05, 4.69) is 20.3 Å². The summed E-state index contributed by atoms with van der Waals surface area (Å²) < 4.78 is 4.65. The predicted octanol–water partition coefficient (Wildman–Crippen LogP) is 1.15. The first-order chi connectivity index (χ1) is 7.21. The molecule has 2 N–H and O–H groups in total. The maximum atomic E-state index is 11.9. The number of piperidine rings is 1. The Morgan fingerprint density at radius 1 is 1.67 bits per heavy atom. The molecule has 1 amide bonds. The van der Waals surface area contributed by atoms with Gasteiger partial charge in [-0.05, 0) is 32.7 Å². The van der Waals surface area contributed by atoms with Crippen LogP contribution in [0.25, 0.3) is 0 Å². The fourth-order valence-corrected chi connectivity index (χ4v) is 1.78. The summed E-state index contributed by atoms with van der Waals surface area (Å²) >= 11 is 0. The molecule has 2 rings (SSSR count). The summed E-state index contributed by atoms with van der Waals surface area (Å²) in [4.78, 5) is 11.9. The van der Waals surface area contributed by atoms with Gasteiger partial charge in [-0.3, -0.25) is 4.79 Å². The molecule has 1 aromatic heterocycles. The molecule has 1 aromatic rings. The summed E-state index contributed by atoms with van der Waals surface area (Å²) in [7, 11) is 0. The molecule has 5 nitrogen and oxygen atoms in total. The van der Waals surface area contributed by atoms with Crippen molar-refractivity contribution < 1.29 is 9.32 Å². The normalized spacial score (nSPS) is 26.2. The van der Waals surface area contributed by atoms with E-state index in [0.29, 0.717) is 5.82 Å². The van der Waals surface area contributed by atoms with Crippen molar-refractivity contribution in [3.8, 4) is 0 Å². The van der Waals surface area contributed by atoms with Crippen LogP contribution in [0, 0.1) is 0 Å². The van der Waals surface area contributed by atoms with Crippen LogP contribution in [-0.2, 0) is 4.79 Å². The molecule has 1 aliphatic heterocycles. The van der Waals surface area contributed by atoms with Crippen LogP contribution in [0.4, 0.5) is 5.82 Å².